The highest BCUT2D eigenvalue weighted by molar-refractivity contribution is 5.91. The molecule has 1 fully saturated rings. The van der Waals surface area contributed by atoms with Gasteiger partial charge in [0.15, 0.2) is 5.69 Å². The average molecular weight is 266 g/mol. The Balaban J connectivity index is 2.60. The predicted octanol–water partition coefficient (Wildman–Crippen LogP) is 1.90. The van der Waals surface area contributed by atoms with Crippen molar-refractivity contribution in [3.05, 3.63) is 27.8 Å². The lowest BCUT2D eigenvalue weighted by Gasteiger charge is -2.20. The monoisotopic (exact) mass is 266 g/mol. The highest BCUT2D eigenvalue weighted by atomic mass is 16.6. The molecule has 1 aromatic carbocycles. The standard InChI is InChI=1S/C12H14N2O5/c1-19-10-7-8(12(15)16)6-9(14(17)18)11(10)13-4-2-3-5-13/h6-7H,2-5H2,1H3,(H,15,16). The number of methoxy groups -OCH3 is 1. The van der Waals surface area contributed by atoms with Gasteiger partial charge >= 0.3 is 5.97 Å². The number of nitrogens with zero attached hydrogens (tertiary/aromatic N) is 2. The van der Waals surface area contributed by atoms with Crippen molar-refractivity contribution >= 4 is 17.3 Å². The number of nitro benzene ring substituents is 1. The molecular weight excluding hydrogens is 252 g/mol. The zero-order valence-electron chi connectivity index (χ0n) is 10.5. The van der Waals surface area contributed by atoms with Crippen LogP contribution >= 0.6 is 0 Å². The summed E-state index contributed by atoms with van der Waals surface area (Å²) in [7, 11) is 1.38. The maximum absolute atomic E-state index is 11.2. The van der Waals surface area contributed by atoms with Gasteiger partial charge in [0.2, 0.25) is 0 Å². The van der Waals surface area contributed by atoms with Crippen LogP contribution in [0.25, 0.3) is 0 Å². The van der Waals surface area contributed by atoms with E-state index in [1.54, 1.807) is 0 Å². The molecule has 1 aliphatic heterocycles. The molecule has 19 heavy (non-hydrogen) atoms. The Morgan fingerprint density at radius 3 is 2.53 bits per heavy atom. The summed E-state index contributed by atoms with van der Waals surface area (Å²) in [4.78, 5) is 23.4. The summed E-state index contributed by atoms with van der Waals surface area (Å²) < 4.78 is 5.13. The Labute approximate surface area is 109 Å². The summed E-state index contributed by atoms with van der Waals surface area (Å²) in [6, 6.07) is 2.40. The summed E-state index contributed by atoms with van der Waals surface area (Å²) in [6.45, 7) is 1.42. The molecule has 0 saturated carbocycles. The molecule has 0 aromatic heterocycles. The first kappa shape index (κ1) is 13.1. The smallest absolute Gasteiger partial charge is 0.336 e. The van der Waals surface area contributed by atoms with Crippen LogP contribution in [0.5, 0.6) is 5.75 Å². The first-order chi connectivity index (χ1) is 9.04. The predicted molar refractivity (Wildman–Crippen MR) is 68.1 cm³/mol. The fourth-order valence-corrected chi connectivity index (χ4v) is 2.27. The third-order valence-electron chi connectivity index (χ3n) is 3.14. The van der Waals surface area contributed by atoms with Crippen LogP contribution in [0, 0.1) is 10.1 Å². The van der Waals surface area contributed by atoms with Crippen LogP contribution in [0.4, 0.5) is 11.4 Å². The Morgan fingerprint density at radius 1 is 1.42 bits per heavy atom. The molecule has 7 nitrogen and oxygen atoms in total. The summed E-state index contributed by atoms with van der Waals surface area (Å²) in [5.74, 6) is -0.983. The fraction of sp³-hybridized carbons (Fsp3) is 0.417. The van der Waals surface area contributed by atoms with Gasteiger partial charge in [-0.1, -0.05) is 0 Å². The van der Waals surface area contributed by atoms with Gasteiger partial charge in [-0.05, 0) is 18.9 Å². The minimum Gasteiger partial charge on any atom is -0.494 e. The average Bonchev–Trinajstić information content (AvgIpc) is 2.90. The number of carbonyl (C=O) groups is 1. The summed E-state index contributed by atoms with van der Waals surface area (Å²) in [5.41, 5.74) is 0.000136. The van der Waals surface area contributed by atoms with Gasteiger partial charge in [0.25, 0.3) is 5.69 Å². The topological polar surface area (TPSA) is 92.9 Å². The van der Waals surface area contributed by atoms with E-state index in [0.717, 1.165) is 18.9 Å². The normalized spacial score (nSPS) is 14.5. The zero-order valence-corrected chi connectivity index (χ0v) is 10.5. The van der Waals surface area contributed by atoms with E-state index in [1.807, 2.05) is 4.90 Å². The van der Waals surface area contributed by atoms with Crippen LogP contribution < -0.4 is 9.64 Å². The maximum atomic E-state index is 11.2. The lowest BCUT2D eigenvalue weighted by atomic mass is 10.1. The van der Waals surface area contributed by atoms with E-state index in [9.17, 15) is 14.9 Å². The quantitative estimate of drug-likeness (QED) is 0.660. The van der Waals surface area contributed by atoms with Gasteiger partial charge in [-0.2, -0.15) is 0 Å². The fourth-order valence-electron chi connectivity index (χ4n) is 2.27. The molecule has 0 unspecified atom stereocenters. The van der Waals surface area contributed by atoms with Crippen molar-refractivity contribution in [2.45, 2.75) is 12.8 Å². The minimum atomic E-state index is -1.21. The van der Waals surface area contributed by atoms with Crippen molar-refractivity contribution in [3.8, 4) is 5.75 Å². The van der Waals surface area contributed by atoms with Crippen LogP contribution in [-0.4, -0.2) is 36.2 Å². The van der Waals surface area contributed by atoms with E-state index in [4.69, 9.17) is 9.84 Å². The Morgan fingerprint density at radius 2 is 2.05 bits per heavy atom. The van der Waals surface area contributed by atoms with E-state index in [0.29, 0.717) is 18.8 Å². The first-order valence-corrected chi connectivity index (χ1v) is 5.89. The molecule has 7 heteroatoms. The summed E-state index contributed by atoms with van der Waals surface area (Å²) >= 11 is 0. The molecule has 1 N–H and O–H groups in total. The second-order valence-corrected chi connectivity index (χ2v) is 4.30. The van der Waals surface area contributed by atoms with Gasteiger partial charge in [0.05, 0.1) is 17.6 Å². The van der Waals surface area contributed by atoms with Gasteiger partial charge < -0.3 is 14.7 Å². The van der Waals surface area contributed by atoms with E-state index in [-0.39, 0.29) is 17.0 Å². The van der Waals surface area contributed by atoms with Crippen molar-refractivity contribution in [2.75, 3.05) is 25.1 Å². The second kappa shape index (κ2) is 5.13. The molecular formula is C12H14N2O5. The van der Waals surface area contributed by atoms with Crippen LogP contribution in [0.3, 0.4) is 0 Å². The van der Waals surface area contributed by atoms with E-state index in [1.165, 1.54) is 13.2 Å². The van der Waals surface area contributed by atoms with Crippen LogP contribution in [0.15, 0.2) is 12.1 Å². The number of benzene rings is 1. The molecule has 0 radical (unpaired) electrons. The molecule has 0 amide bonds. The van der Waals surface area contributed by atoms with Crippen molar-refractivity contribution in [3.63, 3.8) is 0 Å². The second-order valence-electron chi connectivity index (χ2n) is 4.30. The molecule has 1 heterocycles. The van der Waals surface area contributed by atoms with E-state index < -0.39 is 10.9 Å². The van der Waals surface area contributed by atoms with Gasteiger partial charge in [-0.3, -0.25) is 10.1 Å². The number of rotatable bonds is 4. The third-order valence-corrected chi connectivity index (χ3v) is 3.14. The van der Waals surface area contributed by atoms with Crippen molar-refractivity contribution in [2.24, 2.45) is 0 Å². The Bertz CT molecular complexity index is 523. The number of nitro groups is 1. The van der Waals surface area contributed by atoms with E-state index in [2.05, 4.69) is 0 Å². The third kappa shape index (κ3) is 2.44. The Kier molecular flexibility index (Phi) is 3.55. The molecule has 0 atom stereocenters. The SMILES string of the molecule is COc1cc(C(=O)O)cc([N+](=O)[O-])c1N1CCCC1. The number of aromatic carboxylic acids is 1. The van der Waals surface area contributed by atoms with Crippen LogP contribution in [-0.2, 0) is 0 Å². The summed E-state index contributed by atoms with van der Waals surface area (Å²) in [5, 5.41) is 20.1. The maximum Gasteiger partial charge on any atom is 0.336 e. The van der Waals surface area contributed by atoms with Gasteiger partial charge in [-0.15, -0.1) is 0 Å². The number of hydrogen-bond donors (Lipinski definition) is 1. The Hall–Kier alpha value is -2.31. The molecule has 0 aliphatic carbocycles. The summed E-state index contributed by atoms with van der Waals surface area (Å²) in [6.07, 6.45) is 1.92. The van der Waals surface area contributed by atoms with Gasteiger partial charge in [-0.25, -0.2) is 4.79 Å². The number of ether oxygens (including phenoxy) is 1. The van der Waals surface area contributed by atoms with Gasteiger partial charge in [0, 0.05) is 19.2 Å². The lowest BCUT2D eigenvalue weighted by molar-refractivity contribution is -0.384. The lowest BCUT2D eigenvalue weighted by Crippen LogP contribution is -2.20. The first-order valence-electron chi connectivity index (χ1n) is 5.89. The van der Waals surface area contributed by atoms with Crippen LogP contribution in [0.1, 0.15) is 23.2 Å². The minimum absolute atomic E-state index is 0.147. The molecule has 0 spiro atoms. The number of carboxylic acids is 1. The molecule has 102 valence electrons. The molecule has 1 aliphatic rings. The van der Waals surface area contributed by atoms with Crippen molar-refractivity contribution in [1.29, 1.82) is 0 Å². The highest BCUT2D eigenvalue weighted by Gasteiger charge is 2.28. The number of carboxylic acid groups (broad SMARTS) is 1. The van der Waals surface area contributed by atoms with Crippen molar-refractivity contribution in [1.82, 2.24) is 0 Å². The zero-order chi connectivity index (χ0) is 14.0. The van der Waals surface area contributed by atoms with Crippen molar-refractivity contribution < 1.29 is 19.6 Å². The molecule has 1 aromatic rings. The largest absolute Gasteiger partial charge is 0.494 e. The van der Waals surface area contributed by atoms with Crippen LogP contribution in [0.2, 0.25) is 0 Å². The highest BCUT2D eigenvalue weighted by Crippen LogP contribution is 2.40. The molecule has 1 saturated heterocycles. The molecule has 2 rings (SSSR count). The molecule has 0 bridgehead atoms. The van der Waals surface area contributed by atoms with E-state index >= 15 is 0 Å². The van der Waals surface area contributed by atoms with Gasteiger partial charge in [0.1, 0.15) is 5.75 Å². The number of anilines is 1. The number of hydrogen-bond acceptors (Lipinski definition) is 5.